The van der Waals surface area contributed by atoms with Crippen LogP contribution in [-0.2, 0) is 13.5 Å². The maximum atomic E-state index is 13.0. The zero-order chi connectivity index (χ0) is 16.7. The molecule has 7 nitrogen and oxygen atoms in total. The molecule has 4 aromatic rings. The Morgan fingerprint density at radius 3 is 2.96 bits per heavy atom. The monoisotopic (exact) mass is 330 g/mol. The minimum atomic E-state index is -2.71. The number of halogens is 2. The van der Waals surface area contributed by atoms with E-state index in [0.29, 0.717) is 12.3 Å². The first-order valence-electron chi connectivity index (χ1n) is 7.18. The van der Waals surface area contributed by atoms with E-state index in [1.165, 1.54) is 10.9 Å². The molecule has 3 aromatic heterocycles. The molecule has 0 atom stereocenters. The lowest BCUT2D eigenvalue weighted by molar-refractivity contribution is 0.145. The second-order valence-electron chi connectivity index (χ2n) is 5.31. The van der Waals surface area contributed by atoms with Crippen LogP contribution in [0, 0.1) is 0 Å². The molecule has 0 fully saturated rings. The van der Waals surface area contributed by atoms with Gasteiger partial charge in [-0.05, 0) is 6.07 Å². The van der Waals surface area contributed by atoms with E-state index in [2.05, 4.69) is 25.4 Å². The van der Waals surface area contributed by atoms with Crippen molar-refractivity contribution in [1.82, 2.24) is 30.1 Å². The Kier molecular flexibility index (Phi) is 3.33. The Hall–Kier alpha value is -3.10. The molecule has 0 radical (unpaired) electrons. The van der Waals surface area contributed by atoms with Crippen LogP contribution in [-0.4, -0.2) is 30.1 Å². The molecule has 1 N–H and O–H groups in total. The standard InChI is InChI=1S/C15H12F2N6O/c1-23-7-9(13(21-23)14(16)17)15-18-12(24-22-15)6-11-8-4-2-3-5-10(8)19-20-11/h2-5,7,14H,6H2,1H3,(H,19,20). The van der Waals surface area contributed by atoms with Gasteiger partial charge in [0, 0.05) is 18.6 Å². The van der Waals surface area contributed by atoms with Crippen molar-refractivity contribution in [3.8, 4) is 11.4 Å². The average Bonchev–Trinajstić information content (AvgIpc) is 3.27. The smallest absolute Gasteiger partial charge is 0.282 e. The Balaban J connectivity index is 1.66. The minimum Gasteiger partial charge on any atom is -0.339 e. The van der Waals surface area contributed by atoms with Crippen LogP contribution in [0.5, 0.6) is 0 Å². The van der Waals surface area contributed by atoms with Gasteiger partial charge in [0.25, 0.3) is 6.43 Å². The molecular formula is C15H12F2N6O. The highest BCUT2D eigenvalue weighted by molar-refractivity contribution is 5.81. The van der Waals surface area contributed by atoms with Crippen LogP contribution in [0.15, 0.2) is 35.0 Å². The maximum absolute atomic E-state index is 13.0. The molecule has 1 aromatic carbocycles. The van der Waals surface area contributed by atoms with E-state index in [0.717, 1.165) is 16.6 Å². The number of H-pyrrole nitrogens is 1. The number of rotatable bonds is 4. The number of fused-ring (bicyclic) bond motifs is 1. The lowest BCUT2D eigenvalue weighted by atomic mass is 10.2. The number of hydrogen-bond donors (Lipinski definition) is 1. The lowest BCUT2D eigenvalue weighted by Crippen LogP contribution is -1.92. The Morgan fingerprint density at radius 2 is 2.12 bits per heavy atom. The van der Waals surface area contributed by atoms with E-state index in [4.69, 9.17) is 4.52 Å². The zero-order valence-electron chi connectivity index (χ0n) is 12.6. The van der Waals surface area contributed by atoms with E-state index in [9.17, 15) is 8.78 Å². The number of nitrogens with one attached hydrogen (secondary N) is 1. The molecule has 4 rings (SSSR count). The van der Waals surface area contributed by atoms with Crippen molar-refractivity contribution in [3.63, 3.8) is 0 Å². The van der Waals surface area contributed by atoms with Crippen LogP contribution in [0.1, 0.15) is 23.7 Å². The summed E-state index contributed by atoms with van der Waals surface area (Å²) < 4.78 is 32.6. The van der Waals surface area contributed by atoms with Crippen LogP contribution in [0.25, 0.3) is 22.3 Å². The average molecular weight is 330 g/mol. The Morgan fingerprint density at radius 1 is 1.29 bits per heavy atom. The van der Waals surface area contributed by atoms with Crippen molar-refractivity contribution < 1.29 is 13.3 Å². The predicted octanol–water partition coefficient (Wildman–Crippen LogP) is 2.87. The van der Waals surface area contributed by atoms with E-state index < -0.39 is 6.43 Å². The largest absolute Gasteiger partial charge is 0.339 e. The molecule has 0 amide bonds. The second kappa shape index (κ2) is 5.52. The van der Waals surface area contributed by atoms with Crippen molar-refractivity contribution in [2.75, 3.05) is 0 Å². The SMILES string of the molecule is Cn1cc(-c2noc(Cc3[nH]nc4ccccc34)n2)c(C(F)F)n1. The van der Waals surface area contributed by atoms with Crippen molar-refractivity contribution in [2.24, 2.45) is 7.05 Å². The molecule has 122 valence electrons. The summed E-state index contributed by atoms with van der Waals surface area (Å²) in [5.41, 5.74) is 1.45. The molecule has 0 spiro atoms. The number of aromatic nitrogens is 6. The quantitative estimate of drug-likeness (QED) is 0.622. The number of aromatic amines is 1. The summed E-state index contributed by atoms with van der Waals surface area (Å²) in [6, 6.07) is 7.62. The number of aryl methyl sites for hydroxylation is 1. The zero-order valence-corrected chi connectivity index (χ0v) is 12.6. The molecule has 0 aliphatic rings. The number of alkyl halides is 2. The fourth-order valence-corrected chi connectivity index (χ4v) is 2.58. The maximum Gasteiger partial charge on any atom is 0.282 e. The molecule has 0 saturated heterocycles. The highest BCUT2D eigenvalue weighted by Gasteiger charge is 2.22. The molecule has 0 saturated carbocycles. The van der Waals surface area contributed by atoms with E-state index in [-0.39, 0.29) is 17.1 Å². The highest BCUT2D eigenvalue weighted by atomic mass is 19.3. The van der Waals surface area contributed by atoms with Crippen molar-refractivity contribution in [1.29, 1.82) is 0 Å². The van der Waals surface area contributed by atoms with Crippen LogP contribution >= 0.6 is 0 Å². The highest BCUT2D eigenvalue weighted by Crippen LogP contribution is 2.28. The topological polar surface area (TPSA) is 85.4 Å². The molecule has 0 bridgehead atoms. The summed E-state index contributed by atoms with van der Waals surface area (Å²) in [5, 5.41) is 15.6. The summed E-state index contributed by atoms with van der Waals surface area (Å²) >= 11 is 0. The van der Waals surface area contributed by atoms with Gasteiger partial charge in [-0.15, -0.1) is 0 Å². The minimum absolute atomic E-state index is 0.0946. The Bertz CT molecular complexity index is 1000. The molecule has 9 heteroatoms. The van der Waals surface area contributed by atoms with Gasteiger partial charge < -0.3 is 4.52 Å². The third-order valence-corrected chi connectivity index (χ3v) is 3.64. The predicted molar refractivity (Wildman–Crippen MR) is 80.4 cm³/mol. The first-order chi connectivity index (χ1) is 11.6. The van der Waals surface area contributed by atoms with Gasteiger partial charge in [0.05, 0.1) is 23.2 Å². The number of hydrogen-bond acceptors (Lipinski definition) is 5. The molecule has 3 heterocycles. The van der Waals surface area contributed by atoms with Crippen molar-refractivity contribution in [3.05, 3.63) is 47.7 Å². The lowest BCUT2D eigenvalue weighted by Gasteiger charge is -1.95. The summed E-state index contributed by atoms with van der Waals surface area (Å²) in [7, 11) is 1.56. The second-order valence-corrected chi connectivity index (χ2v) is 5.31. The van der Waals surface area contributed by atoms with Crippen molar-refractivity contribution >= 4 is 10.9 Å². The van der Waals surface area contributed by atoms with Crippen LogP contribution in [0.4, 0.5) is 8.78 Å². The molecular weight excluding hydrogens is 318 g/mol. The summed E-state index contributed by atoms with van der Waals surface area (Å²) in [6.45, 7) is 0. The van der Waals surface area contributed by atoms with Gasteiger partial charge in [0.2, 0.25) is 11.7 Å². The number of benzene rings is 1. The van der Waals surface area contributed by atoms with Gasteiger partial charge in [-0.1, -0.05) is 23.4 Å². The van der Waals surface area contributed by atoms with E-state index in [1.807, 2.05) is 24.3 Å². The fraction of sp³-hybridized carbons (Fsp3) is 0.200. The van der Waals surface area contributed by atoms with Gasteiger partial charge in [-0.25, -0.2) is 8.78 Å². The van der Waals surface area contributed by atoms with Crippen LogP contribution < -0.4 is 0 Å². The summed E-state index contributed by atoms with van der Waals surface area (Å²) in [6.07, 6.45) is -0.931. The number of para-hydroxylation sites is 1. The van der Waals surface area contributed by atoms with Gasteiger partial charge in [0.1, 0.15) is 5.69 Å². The summed E-state index contributed by atoms with van der Waals surface area (Å²) in [4.78, 5) is 4.21. The van der Waals surface area contributed by atoms with E-state index in [1.54, 1.807) is 7.05 Å². The third-order valence-electron chi connectivity index (χ3n) is 3.64. The molecule has 0 aliphatic carbocycles. The van der Waals surface area contributed by atoms with Gasteiger partial charge in [0.15, 0.2) is 0 Å². The fourth-order valence-electron chi connectivity index (χ4n) is 2.58. The Labute approximate surface area is 134 Å². The first-order valence-corrected chi connectivity index (χ1v) is 7.18. The van der Waals surface area contributed by atoms with Crippen LogP contribution in [0.2, 0.25) is 0 Å². The van der Waals surface area contributed by atoms with Crippen molar-refractivity contribution in [2.45, 2.75) is 12.8 Å². The number of nitrogens with zero attached hydrogens (tertiary/aromatic N) is 5. The van der Waals surface area contributed by atoms with Gasteiger partial charge in [-0.2, -0.15) is 15.2 Å². The van der Waals surface area contributed by atoms with E-state index >= 15 is 0 Å². The third kappa shape index (κ3) is 2.43. The van der Waals surface area contributed by atoms with Crippen LogP contribution in [0.3, 0.4) is 0 Å². The van der Waals surface area contributed by atoms with Gasteiger partial charge >= 0.3 is 0 Å². The summed E-state index contributed by atoms with van der Waals surface area (Å²) in [5.74, 6) is 0.403. The normalized spacial score (nSPS) is 11.7. The molecule has 0 unspecified atom stereocenters. The first kappa shape index (κ1) is 14.5. The van der Waals surface area contributed by atoms with Gasteiger partial charge in [-0.3, -0.25) is 9.78 Å². The molecule has 0 aliphatic heterocycles. The molecule has 24 heavy (non-hydrogen) atoms.